The molecule has 0 bridgehead atoms. The maximum absolute atomic E-state index is 7.73. The number of rotatable bonds is 6. The van der Waals surface area contributed by atoms with Gasteiger partial charge in [0.05, 0.1) is 29.0 Å². The average Bonchev–Trinajstić information content (AvgIpc) is 3.69. The number of hydrogen-bond acceptors (Lipinski definition) is 2. The maximum Gasteiger partial charge on any atom is 0.188 e. The van der Waals surface area contributed by atoms with Crippen molar-refractivity contribution in [2.45, 2.75) is 0 Å². The minimum Gasteiger partial charge on any atom is -0.309 e. The predicted molar refractivity (Wildman–Crippen MR) is 262 cm³/mol. The third-order valence-corrected chi connectivity index (χ3v) is 12.5. The molecule has 3 heterocycles. The van der Waals surface area contributed by atoms with E-state index in [0.717, 1.165) is 72.3 Å². The molecule has 0 spiro atoms. The molecule has 0 unspecified atom stereocenters. The van der Waals surface area contributed by atoms with Gasteiger partial charge >= 0.3 is 0 Å². The van der Waals surface area contributed by atoms with Crippen molar-refractivity contribution in [3.8, 4) is 61.6 Å². The van der Waals surface area contributed by atoms with Crippen molar-refractivity contribution in [2.24, 2.45) is 0 Å². The van der Waals surface area contributed by atoms with E-state index in [2.05, 4.69) is 173 Å². The molecule has 4 heteroatoms. The molecular weight excluding hydrogens is 765 g/mol. The van der Waals surface area contributed by atoms with Gasteiger partial charge in [-0.25, -0.2) is 4.85 Å². The van der Waals surface area contributed by atoms with Crippen LogP contribution >= 0.6 is 0 Å². The smallest absolute Gasteiger partial charge is 0.188 e. The third-order valence-electron chi connectivity index (χ3n) is 12.5. The van der Waals surface area contributed by atoms with Gasteiger partial charge in [0.2, 0.25) is 0 Å². The van der Waals surface area contributed by atoms with Crippen molar-refractivity contribution in [3.63, 3.8) is 0 Å². The second kappa shape index (κ2) is 14.8. The van der Waals surface area contributed by atoms with E-state index >= 15 is 0 Å². The van der Waals surface area contributed by atoms with Gasteiger partial charge < -0.3 is 4.57 Å². The lowest BCUT2D eigenvalue weighted by atomic mass is 9.86. The maximum atomic E-state index is 7.73. The van der Waals surface area contributed by atoms with Crippen molar-refractivity contribution in [1.29, 1.82) is 0 Å². The Kier molecular flexibility index (Phi) is 8.52. The molecule has 292 valence electrons. The summed E-state index contributed by atoms with van der Waals surface area (Å²) in [5.74, 6) is 0. The number of pyridine rings is 2. The van der Waals surface area contributed by atoms with Gasteiger partial charge in [-0.15, -0.1) is 0 Å². The lowest BCUT2D eigenvalue weighted by Gasteiger charge is -2.17. The summed E-state index contributed by atoms with van der Waals surface area (Å²) >= 11 is 0. The molecule has 12 rings (SSSR count). The summed E-state index contributed by atoms with van der Waals surface area (Å²) in [6, 6.07) is 73.4. The van der Waals surface area contributed by atoms with Crippen LogP contribution in [-0.2, 0) is 0 Å². The average molecular weight is 801 g/mol. The fourth-order valence-corrected chi connectivity index (χ4v) is 9.53. The zero-order chi connectivity index (χ0) is 41.9. The Labute approximate surface area is 364 Å². The van der Waals surface area contributed by atoms with Gasteiger partial charge in [-0.2, -0.15) is 0 Å². The van der Waals surface area contributed by atoms with Gasteiger partial charge in [0.15, 0.2) is 5.69 Å². The number of nitrogens with zero attached hydrogens (tertiary/aromatic N) is 4. The van der Waals surface area contributed by atoms with Crippen molar-refractivity contribution in [3.05, 3.63) is 230 Å². The molecule has 0 fully saturated rings. The second-order valence-corrected chi connectivity index (χ2v) is 16.1. The molecule has 0 aliphatic rings. The van der Waals surface area contributed by atoms with Gasteiger partial charge in [-0.3, -0.25) is 9.97 Å². The van der Waals surface area contributed by atoms with Crippen molar-refractivity contribution < 1.29 is 0 Å². The van der Waals surface area contributed by atoms with E-state index in [4.69, 9.17) is 16.5 Å². The molecule has 3 aromatic heterocycles. The first-order valence-electron chi connectivity index (χ1n) is 21.2. The third kappa shape index (κ3) is 6.14. The van der Waals surface area contributed by atoms with E-state index in [1.807, 2.05) is 54.9 Å². The van der Waals surface area contributed by atoms with Crippen LogP contribution in [0.15, 0.2) is 219 Å². The van der Waals surface area contributed by atoms with E-state index in [0.29, 0.717) is 5.69 Å². The molecule has 0 aliphatic carbocycles. The van der Waals surface area contributed by atoms with E-state index in [-0.39, 0.29) is 0 Å². The fourth-order valence-electron chi connectivity index (χ4n) is 9.53. The molecule has 63 heavy (non-hydrogen) atoms. The monoisotopic (exact) mass is 800 g/mol. The summed E-state index contributed by atoms with van der Waals surface area (Å²) in [5, 5.41) is 9.47. The Morgan fingerprint density at radius 2 is 0.825 bits per heavy atom. The van der Waals surface area contributed by atoms with Crippen LogP contribution in [0.5, 0.6) is 0 Å². The Bertz CT molecular complexity index is 3710. The van der Waals surface area contributed by atoms with Crippen molar-refractivity contribution >= 4 is 59.8 Å². The molecule has 0 radical (unpaired) electrons. The van der Waals surface area contributed by atoms with Crippen LogP contribution in [0.3, 0.4) is 0 Å². The van der Waals surface area contributed by atoms with Crippen LogP contribution in [0.1, 0.15) is 0 Å². The SMILES string of the molecule is [C-]#[N+]c1ccc2c(c1)c1cc(-c3ccc(-c4cc5c6ccccc6c(-c6cc(-c7ccccn7)cc(-c7ccccn7)c6)cc5c5ccccc45)cc3)ccc1n2-c1ccccc1. The second-order valence-electron chi connectivity index (χ2n) is 16.1. The summed E-state index contributed by atoms with van der Waals surface area (Å²) in [4.78, 5) is 13.3. The molecule has 9 aromatic carbocycles. The highest BCUT2D eigenvalue weighted by Gasteiger charge is 2.18. The van der Waals surface area contributed by atoms with Crippen LogP contribution in [0.2, 0.25) is 0 Å². The van der Waals surface area contributed by atoms with E-state index in [1.165, 1.54) is 43.4 Å². The van der Waals surface area contributed by atoms with Gasteiger partial charge in [-0.05, 0) is 162 Å². The van der Waals surface area contributed by atoms with Gasteiger partial charge in [0.1, 0.15) is 0 Å². The van der Waals surface area contributed by atoms with Gasteiger partial charge in [-0.1, -0.05) is 115 Å². The van der Waals surface area contributed by atoms with Crippen molar-refractivity contribution in [2.75, 3.05) is 0 Å². The summed E-state index contributed by atoms with van der Waals surface area (Å²) in [5.41, 5.74) is 14.8. The highest BCUT2D eigenvalue weighted by atomic mass is 15.0. The van der Waals surface area contributed by atoms with Crippen LogP contribution < -0.4 is 0 Å². The van der Waals surface area contributed by atoms with Crippen LogP contribution in [0.4, 0.5) is 5.69 Å². The van der Waals surface area contributed by atoms with Crippen LogP contribution in [0.25, 0.3) is 121 Å². The zero-order valence-electron chi connectivity index (χ0n) is 34.1. The molecular formula is C59H36N4. The fraction of sp³-hybridized carbons (Fsp3) is 0. The predicted octanol–water partition coefficient (Wildman–Crippen LogP) is 15.9. The van der Waals surface area contributed by atoms with E-state index in [1.54, 1.807) is 0 Å². The quantitative estimate of drug-likeness (QED) is 0.124. The standard InChI is InChI=1S/C59H36N4/c1-60-44-26-28-59-55(35-44)54-34-40(25-27-58(54)63(59)45-13-3-2-4-14-45)38-21-23-39(24-22-38)50-36-52-49-18-8-6-16-47(49)51(37-53(52)48-17-7-5-15-46(48)50)41-31-42(56-19-9-11-29-61-56)33-43(32-41)57-20-10-12-30-62-57/h2-37H. The molecule has 0 saturated carbocycles. The summed E-state index contributed by atoms with van der Waals surface area (Å²) < 4.78 is 2.29. The number of benzene rings is 9. The summed E-state index contributed by atoms with van der Waals surface area (Å²) in [6.07, 6.45) is 3.70. The number of fused-ring (bicyclic) bond motifs is 8. The van der Waals surface area contributed by atoms with Crippen LogP contribution in [-0.4, -0.2) is 14.5 Å². The first-order chi connectivity index (χ1) is 31.2. The zero-order valence-corrected chi connectivity index (χ0v) is 34.1. The minimum atomic E-state index is 0.639. The van der Waals surface area contributed by atoms with E-state index < -0.39 is 0 Å². The Hall–Kier alpha value is -8.65. The van der Waals surface area contributed by atoms with Gasteiger partial charge in [0, 0.05) is 34.6 Å². The minimum absolute atomic E-state index is 0.639. The molecule has 4 nitrogen and oxygen atoms in total. The normalized spacial score (nSPS) is 11.5. The first-order valence-corrected chi connectivity index (χ1v) is 21.2. The van der Waals surface area contributed by atoms with Gasteiger partial charge in [0.25, 0.3) is 0 Å². The first kappa shape index (κ1) is 36.2. The number of para-hydroxylation sites is 1. The molecule has 12 aromatic rings. The molecule has 0 saturated heterocycles. The Balaban J connectivity index is 1.00. The van der Waals surface area contributed by atoms with Crippen molar-refractivity contribution in [1.82, 2.24) is 14.5 Å². The van der Waals surface area contributed by atoms with E-state index in [9.17, 15) is 0 Å². The Morgan fingerprint density at radius 3 is 1.41 bits per heavy atom. The lowest BCUT2D eigenvalue weighted by molar-refractivity contribution is 1.18. The number of hydrogen-bond donors (Lipinski definition) is 0. The molecule has 0 amide bonds. The largest absolute Gasteiger partial charge is 0.309 e. The number of aromatic nitrogens is 3. The lowest BCUT2D eigenvalue weighted by Crippen LogP contribution is -1.92. The topological polar surface area (TPSA) is 35.1 Å². The Morgan fingerprint density at radius 1 is 0.333 bits per heavy atom. The highest BCUT2D eigenvalue weighted by molar-refractivity contribution is 6.24. The molecule has 0 aliphatic heterocycles. The molecule has 0 N–H and O–H groups in total. The summed E-state index contributed by atoms with van der Waals surface area (Å²) in [6.45, 7) is 7.73. The van der Waals surface area contributed by atoms with Crippen LogP contribution in [0, 0.1) is 6.57 Å². The summed E-state index contributed by atoms with van der Waals surface area (Å²) in [7, 11) is 0. The molecule has 0 atom stereocenters. The highest BCUT2D eigenvalue weighted by Crippen LogP contribution is 2.44.